The Bertz CT molecular complexity index is 2790. The lowest BCUT2D eigenvalue weighted by Gasteiger charge is -2.39. The van der Waals surface area contributed by atoms with Crippen LogP contribution in [0.1, 0.15) is 77.7 Å². The maximum atomic E-state index is 15.2. The topological polar surface area (TPSA) is 126 Å². The Morgan fingerprint density at radius 1 is 0.528 bits per heavy atom. The van der Waals surface area contributed by atoms with Gasteiger partial charge in [-0.2, -0.15) is 52.7 Å². The number of rotatable bonds is 13. The number of nitrogens with one attached hydrogen (secondary N) is 3. The summed E-state index contributed by atoms with van der Waals surface area (Å²) < 4.78 is 190. The van der Waals surface area contributed by atoms with Crippen LogP contribution in [0, 0.1) is 34.6 Å². The molecule has 5 rings (SSSR count). The number of benzene rings is 5. The van der Waals surface area contributed by atoms with Crippen molar-refractivity contribution in [3.05, 3.63) is 183 Å². The number of halogens is 12. The zero-order chi connectivity index (χ0) is 54.2. The average Bonchev–Trinajstić information content (AvgIpc) is 3.28. The van der Waals surface area contributed by atoms with Crippen molar-refractivity contribution in [2.75, 3.05) is 29.2 Å². The highest BCUT2D eigenvalue weighted by molar-refractivity contribution is 6.09. The monoisotopic (exact) mass is 1030 g/mol. The summed E-state index contributed by atoms with van der Waals surface area (Å²) in [7, 11) is 0. The first-order valence-electron chi connectivity index (χ1n) is 21.3. The van der Waals surface area contributed by atoms with E-state index in [1.807, 2.05) is 6.92 Å². The lowest BCUT2D eigenvalue weighted by molar-refractivity contribution is -0.290. The van der Waals surface area contributed by atoms with Crippen LogP contribution in [0.15, 0.2) is 122 Å². The smallest absolute Gasteiger partial charge is 0.411 e. The van der Waals surface area contributed by atoms with E-state index >= 15 is 26.3 Å². The molecular weight excluding hydrogens is 979 g/mol. The highest BCUT2D eigenvalue weighted by atomic mass is 19.4. The van der Waals surface area contributed by atoms with Crippen molar-refractivity contribution in [3.63, 3.8) is 0 Å². The summed E-state index contributed by atoms with van der Waals surface area (Å²) in [6.45, 7) is 12.2. The summed E-state index contributed by atoms with van der Waals surface area (Å²) >= 11 is 0. The van der Waals surface area contributed by atoms with E-state index in [1.165, 1.54) is 47.0 Å². The van der Waals surface area contributed by atoms with Crippen molar-refractivity contribution in [2.45, 2.75) is 77.1 Å². The summed E-state index contributed by atoms with van der Waals surface area (Å²) in [4.78, 5) is 39.4. The number of amides is 3. The Kier molecular flexibility index (Phi) is 17.7. The van der Waals surface area contributed by atoms with Gasteiger partial charge in [-0.15, -0.1) is 0 Å². The fraction of sp³-hybridized carbons (Fsp3) is 0.275. The fourth-order valence-electron chi connectivity index (χ4n) is 7.52. The third-order valence-corrected chi connectivity index (χ3v) is 11.4. The van der Waals surface area contributed by atoms with Crippen molar-refractivity contribution in [1.82, 2.24) is 0 Å². The molecule has 386 valence electrons. The molecule has 3 amide bonds. The van der Waals surface area contributed by atoms with E-state index in [0.29, 0.717) is 48.6 Å². The molecule has 21 heteroatoms. The number of aryl methyl sites for hydroxylation is 5. The lowest BCUT2D eigenvalue weighted by Crippen LogP contribution is -2.54. The van der Waals surface area contributed by atoms with Crippen molar-refractivity contribution >= 4 is 35.0 Å². The molecule has 5 aromatic rings. The van der Waals surface area contributed by atoms with Crippen LogP contribution < -0.4 is 16.0 Å². The van der Waals surface area contributed by atoms with Gasteiger partial charge in [-0.25, -0.2) is 4.79 Å². The number of hydrogen-bond acceptors (Lipinski definition) is 6. The molecule has 5 aromatic carbocycles. The van der Waals surface area contributed by atoms with Crippen LogP contribution in [0.3, 0.4) is 0 Å². The van der Waals surface area contributed by atoms with Crippen LogP contribution in [-0.2, 0) is 20.3 Å². The third kappa shape index (κ3) is 11.8. The van der Waals surface area contributed by atoms with Crippen LogP contribution in [0.4, 0.5) is 74.5 Å². The molecule has 0 aromatic heterocycles. The normalized spacial score (nSPS) is 12.4. The molecular formula is C51H47F12N3O6. The second-order valence-electron chi connectivity index (χ2n) is 16.1. The Morgan fingerprint density at radius 3 is 1.21 bits per heavy atom. The molecule has 0 aliphatic heterocycles. The van der Waals surface area contributed by atoms with E-state index in [2.05, 4.69) is 27.3 Å². The Balaban J connectivity index is 0.00000176. The molecule has 0 spiro atoms. The molecule has 0 fully saturated rings. The molecule has 0 saturated heterocycles. The van der Waals surface area contributed by atoms with Crippen molar-refractivity contribution in [3.8, 4) is 0 Å². The van der Waals surface area contributed by atoms with Gasteiger partial charge < -0.3 is 25.2 Å². The Morgan fingerprint density at radius 2 is 0.889 bits per heavy atom. The van der Waals surface area contributed by atoms with E-state index in [9.17, 15) is 40.7 Å². The quantitative estimate of drug-likeness (QED) is 0.0529. The maximum absolute atomic E-state index is 15.2. The number of aliphatic hydroxyl groups is 1. The number of carbonyl (C=O) groups is 3. The fourth-order valence-corrected chi connectivity index (χ4v) is 7.52. The summed E-state index contributed by atoms with van der Waals surface area (Å²) in [6, 6.07) is 13.1. The highest BCUT2D eigenvalue weighted by Gasteiger charge is 2.74. The molecule has 0 bridgehead atoms. The second kappa shape index (κ2) is 22.3. The van der Waals surface area contributed by atoms with Gasteiger partial charge >= 0.3 is 30.8 Å². The van der Waals surface area contributed by atoms with Gasteiger partial charge in [0, 0.05) is 28.2 Å². The van der Waals surface area contributed by atoms with Gasteiger partial charge in [-0.1, -0.05) is 73.3 Å². The van der Waals surface area contributed by atoms with Crippen molar-refractivity contribution in [1.29, 1.82) is 0 Å². The number of ether oxygens (including phenoxy) is 2. The maximum Gasteiger partial charge on any atom is 0.411 e. The van der Waals surface area contributed by atoms with Gasteiger partial charge in [0.15, 0.2) is 0 Å². The minimum atomic E-state index is -6.09. The molecule has 0 aliphatic rings. The SMILES string of the molecule is C=CCOC(=O)Nc1cc(C(c2ccc(C)c(NC(=O)c3cccc(C(=O)Nc4cc(C(c5ccc(C)c(C)c5)(C(F)(F)F)C(F)(F)F)ccc4C)c3)c2)(C(F)(F)F)C(F)(F)F)ccc1C.CCO/C=C\O. The van der Waals surface area contributed by atoms with E-state index in [1.54, 1.807) is 0 Å². The Labute approximate surface area is 405 Å². The average molecular weight is 1030 g/mol. The zero-order valence-corrected chi connectivity index (χ0v) is 39.1. The lowest BCUT2D eigenvalue weighted by atomic mass is 9.72. The van der Waals surface area contributed by atoms with E-state index in [4.69, 9.17) is 9.84 Å². The van der Waals surface area contributed by atoms with E-state index in [-0.39, 0.29) is 40.0 Å². The minimum Gasteiger partial charge on any atom is -0.512 e. The molecule has 0 saturated carbocycles. The number of alkyl halides is 12. The van der Waals surface area contributed by atoms with Gasteiger partial charge in [0.1, 0.15) is 19.1 Å². The number of aliphatic hydroxyl groups excluding tert-OH is 1. The molecule has 9 nitrogen and oxygen atoms in total. The van der Waals surface area contributed by atoms with Gasteiger partial charge in [0.05, 0.1) is 6.61 Å². The van der Waals surface area contributed by atoms with E-state index in [0.717, 1.165) is 66.9 Å². The number of hydrogen-bond donors (Lipinski definition) is 4. The second-order valence-corrected chi connectivity index (χ2v) is 16.1. The zero-order valence-electron chi connectivity index (χ0n) is 39.1. The third-order valence-electron chi connectivity index (χ3n) is 11.4. The minimum absolute atomic E-state index is 0.000386. The van der Waals surface area contributed by atoms with Gasteiger partial charge in [0.25, 0.3) is 11.8 Å². The molecule has 72 heavy (non-hydrogen) atoms. The van der Waals surface area contributed by atoms with Crippen LogP contribution >= 0.6 is 0 Å². The van der Waals surface area contributed by atoms with Crippen LogP contribution in [0.5, 0.6) is 0 Å². The van der Waals surface area contributed by atoms with Gasteiger partial charge in [-0.3, -0.25) is 14.9 Å². The van der Waals surface area contributed by atoms with Crippen molar-refractivity contribution < 1.29 is 81.6 Å². The van der Waals surface area contributed by atoms with Crippen molar-refractivity contribution in [2.24, 2.45) is 0 Å². The highest BCUT2D eigenvalue weighted by Crippen LogP contribution is 2.58. The predicted octanol–water partition coefficient (Wildman–Crippen LogP) is 14.3. The van der Waals surface area contributed by atoms with Gasteiger partial charge in [-0.05, 0) is 128 Å². The summed E-state index contributed by atoms with van der Waals surface area (Å²) in [5.41, 5.74) is -15.8. The van der Waals surface area contributed by atoms with Gasteiger partial charge in [0.2, 0.25) is 10.8 Å². The molecule has 0 heterocycles. The summed E-state index contributed by atoms with van der Waals surface area (Å²) in [5.74, 6) is -2.25. The largest absolute Gasteiger partial charge is 0.512 e. The first-order chi connectivity index (χ1) is 33.4. The molecule has 0 aliphatic carbocycles. The molecule has 0 radical (unpaired) electrons. The predicted molar refractivity (Wildman–Crippen MR) is 246 cm³/mol. The summed E-state index contributed by atoms with van der Waals surface area (Å²) in [5, 5.41) is 14.6. The number of anilines is 3. The Hall–Kier alpha value is -7.45. The molecule has 0 atom stereocenters. The number of carbonyl (C=O) groups excluding carboxylic acids is 3. The van der Waals surface area contributed by atoms with Crippen LogP contribution in [0.25, 0.3) is 0 Å². The first-order valence-corrected chi connectivity index (χ1v) is 21.3. The standard InChI is InChI=1S/C47H39F12N3O4.C4H8O2/c1-7-19-66-41(65)62-38-24-35(18-14-28(38)5)43(46(54,55)56,47(57,58)59)34-17-13-27(4)37(23-34)61-40(64)31-10-8-9-30(21-31)39(63)60-36-22-33(16-12-26(36)3)42(44(48,49)50,45(51,52)53)32-15-11-25(2)29(6)20-32;1-2-6-4-3-5/h7-18,20-24H,1,19H2,2-6H3,(H,60,63)(H,61,64)(H,62,65);3-5H,2H2,1H3/b;4-3-. The van der Waals surface area contributed by atoms with Crippen LogP contribution in [0.2, 0.25) is 0 Å². The first kappa shape index (κ1) is 57.1. The van der Waals surface area contributed by atoms with Crippen LogP contribution in [-0.4, -0.2) is 60.9 Å². The van der Waals surface area contributed by atoms with E-state index < -0.39 is 92.8 Å². The molecule has 0 unspecified atom stereocenters. The molecule has 4 N–H and O–H groups in total. The summed E-state index contributed by atoms with van der Waals surface area (Å²) in [6.07, 6.45) is -21.9.